The number of nitrogens with zero attached hydrogens (tertiary/aromatic N) is 1. The molecule has 84 valence electrons. The highest BCUT2D eigenvalue weighted by Crippen LogP contribution is 2.54. The molecule has 1 amide bonds. The Morgan fingerprint density at radius 2 is 2.13 bits per heavy atom. The number of hydrogen-bond donors (Lipinski definition) is 1. The van der Waals surface area contributed by atoms with Crippen molar-refractivity contribution in [1.82, 2.24) is 10.2 Å². The van der Waals surface area contributed by atoms with Gasteiger partial charge < -0.3 is 4.90 Å². The third-order valence-corrected chi connectivity index (χ3v) is 4.35. The third-order valence-electron chi connectivity index (χ3n) is 4.35. The Morgan fingerprint density at radius 1 is 1.27 bits per heavy atom. The zero-order valence-electron chi connectivity index (χ0n) is 9.30. The van der Waals surface area contributed by atoms with Crippen molar-refractivity contribution in [3.8, 4) is 0 Å². The Balaban J connectivity index is 1.63. The molecule has 1 N–H and O–H groups in total. The van der Waals surface area contributed by atoms with Crippen molar-refractivity contribution in [3.63, 3.8) is 0 Å². The molecule has 3 rings (SSSR count). The standard InChI is InChI=1S/C12H20N2O/c15-11-9-12(4-5-12)6-8-14(11)10-3-1-2-7-13-10/h10,13H,1-9H2. The smallest absolute Gasteiger partial charge is 0.224 e. The van der Waals surface area contributed by atoms with Crippen LogP contribution >= 0.6 is 0 Å². The van der Waals surface area contributed by atoms with Gasteiger partial charge in [-0.15, -0.1) is 0 Å². The largest absolute Gasteiger partial charge is 0.327 e. The van der Waals surface area contributed by atoms with Crippen LogP contribution in [0, 0.1) is 5.41 Å². The van der Waals surface area contributed by atoms with Gasteiger partial charge in [0.2, 0.25) is 5.91 Å². The fourth-order valence-electron chi connectivity index (χ4n) is 3.03. The maximum absolute atomic E-state index is 12.0. The molecule has 2 heterocycles. The van der Waals surface area contributed by atoms with Gasteiger partial charge in [-0.05, 0) is 50.5 Å². The fraction of sp³-hybridized carbons (Fsp3) is 0.917. The average molecular weight is 208 g/mol. The van der Waals surface area contributed by atoms with E-state index in [1.807, 2.05) is 0 Å². The number of rotatable bonds is 1. The van der Waals surface area contributed by atoms with Crippen LogP contribution in [0.1, 0.15) is 44.9 Å². The number of nitrogens with one attached hydrogen (secondary N) is 1. The van der Waals surface area contributed by atoms with Crippen LogP contribution in [0.4, 0.5) is 0 Å². The number of carbonyl (C=O) groups is 1. The molecule has 0 aromatic carbocycles. The molecule has 0 aromatic heterocycles. The quantitative estimate of drug-likeness (QED) is 0.708. The van der Waals surface area contributed by atoms with Crippen LogP contribution in [0.15, 0.2) is 0 Å². The highest BCUT2D eigenvalue weighted by atomic mass is 16.2. The van der Waals surface area contributed by atoms with E-state index >= 15 is 0 Å². The molecule has 1 atom stereocenters. The molecule has 15 heavy (non-hydrogen) atoms. The van der Waals surface area contributed by atoms with E-state index in [0.717, 1.165) is 25.9 Å². The summed E-state index contributed by atoms with van der Waals surface area (Å²) >= 11 is 0. The van der Waals surface area contributed by atoms with E-state index < -0.39 is 0 Å². The molecule has 2 aliphatic heterocycles. The van der Waals surface area contributed by atoms with E-state index in [9.17, 15) is 4.79 Å². The number of amides is 1. The van der Waals surface area contributed by atoms with Gasteiger partial charge in [-0.25, -0.2) is 0 Å². The second-order valence-corrected chi connectivity index (χ2v) is 5.48. The maximum atomic E-state index is 12.0. The second kappa shape index (κ2) is 3.48. The molecule has 3 aliphatic rings. The van der Waals surface area contributed by atoms with Gasteiger partial charge >= 0.3 is 0 Å². The summed E-state index contributed by atoms with van der Waals surface area (Å²) in [6, 6.07) is 0. The van der Waals surface area contributed by atoms with Gasteiger partial charge in [-0.2, -0.15) is 0 Å². The minimum atomic E-state index is 0.349. The van der Waals surface area contributed by atoms with Crippen molar-refractivity contribution in [3.05, 3.63) is 0 Å². The molecule has 0 radical (unpaired) electrons. The Labute approximate surface area is 91.2 Å². The normalized spacial score (nSPS) is 34.5. The van der Waals surface area contributed by atoms with E-state index in [1.54, 1.807) is 0 Å². The van der Waals surface area contributed by atoms with Crippen LogP contribution in [0.2, 0.25) is 0 Å². The zero-order chi connectivity index (χ0) is 10.3. The second-order valence-electron chi connectivity index (χ2n) is 5.48. The number of hydrogen-bond acceptors (Lipinski definition) is 2. The summed E-state index contributed by atoms with van der Waals surface area (Å²) in [7, 11) is 0. The number of carbonyl (C=O) groups excluding carboxylic acids is 1. The summed E-state index contributed by atoms with van der Waals surface area (Å²) in [5, 5.41) is 3.47. The van der Waals surface area contributed by atoms with Crippen LogP contribution < -0.4 is 5.32 Å². The first-order valence-electron chi connectivity index (χ1n) is 6.32. The lowest BCUT2D eigenvalue weighted by molar-refractivity contribution is -0.139. The highest BCUT2D eigenvalue weighted by molar-refractivity contribution is 5.78. The van der Waals surface area contributed by atoms with E-state index in [0.29, 0.717) is 17.5 Å². The van der Waals surface area contributed by atoms with Crippen LogP contribution in [-0.2, 0) is 4.79 Å². The van der Waals surface area contributed by atoms with Gasteiger partial charge in [0.25, 0.3) is 0 Å². The van der Waals surface area contributed by atoms with Crippen LogP contribution in [-0.4, -0.2) is 30.1 Å². The summed E-state index contributed by atoms with van der Waals surface area (Å²) in [5.41, 5.74) is 0.461. The lowest BCUT2D eigenvalue weighted by Gasteiger charge is -2.39. The summed E-state index contributed by atoms with van der Waals surface area (Å²) < 4.78 is 0. The molecule has 3 nitrogen and oxygen atoms in total. The van der Waals surface area contributed by atoms with Gasteiger partial charge in [0.05, 0.1) is 6.17 Å². The molecule has 3 fully saturated rings. The van der Waals surface area contributed by atoms with E-state index in [2.05, 4.69) is 10.2 Å². The van der Waals surface area contributed by atoms with Crippen LogP contribution in [0.3, 0.4) is 0 Å². The van der Waals surface area contributed by atoms with Crippen LogP contribution in [0.5, 0.6) is 0 Å². The average Bonchev–Trinajstić information content (AvgIpc) is 2.99. The van der Waals surface area contributed by atoms with Crippen LogP contribution in [0.25, 0.3) is 0 Å². The van der Waals surface area contributed by atoms with Gasteiger partial charge in [-0.1, -0.05) is 0 Å². The Kier molecular flexibility index (Phi) is 2.23. The minimum absolute atomic E-state index is 0.349. The molecule has 1 aliphatic carbocycles. The van der Waals surface area contributed by atoms with E-state index in [-0.39, 0.29) is 0 Å². The van der Waals surface area contributed by atoms with Gasteiger partial charge in [0.15, 0.2) is 0 Å². The highest BCUT2D eigenvalue weighted by Gasteiger charge is 2.48. The summed E-state index contributed by atoms with van der Waals surface area (Å²) in [4.78, 5) is 14.1. The number of likely N-dealkylation sites (tertiary alicyclic amines) is 1. The van der Waals surface area contributed by atoms with E-state index in [4.69, 9.17) is 0 Å². The predicted octanol–water partition coefficient (Wildman–Crippen LogP) is 1.49. The van der Waals surface area contributed by atoms with Crippen molar-refractivity contribution < 1.29 is 4.79 Å². The molecular formula is C12H20N2O. The van der Waals surface area contributed by atoms with Crippen molar-refractivity contribution in [2.45, 2.75) is 51.1 Å². The maximum Gasteiger partial charge on any atom is 0.224 e. The molecule has 2 saturated heterocycles. The lowest BCUT2D eigenvalue weighted by atomic mass is 9.92. The first-order chi connectivity index (χ1) is 7.29. The first-order valence-corrected chi connectivity index (χ1v) is 6.32. The summed E-state index contributed by atoms with van der Waals surface area (Å²) in [6.45, 7) is 2.08. The Bertz CT molecular complexity index is 267. The zero-order valence-corrected chi connectivity index (χ0v) is 9.30. The number of piperidine rings is 2. The van der Waals surface area contributed by atoms with Crippen molar-refractivity contribution >= 4 is 5.91 Å². The van der Waals surface area contributed by atoms with Crippen molar-refractivity contribution in [2.24, 2.45) is 5.41 Å². The lowest BCUT2D eigenvalue weighted by Crippen LogP contribution is -2.53. The van der Waals surface area contributed by atoms with Gasteiger partial charge in [0, 0.05) is 13.0 Å². The fourth-order valence-corrected chi connectivity index (χ4v) is 3.03. The third kappa shape index (κ3) is 1.78. The summed E-state index contributed by atoms with van der Waals surface area (Å²) in [6.07, 6.45) is 8.70. The monoisotopic (exact) mass is 208 g/mol. The summed E-state index contributed by atoms with van der Waals surface area (Å²) in [5.74, 6) is 0.401. The molecule has 0 aromatic rings. The molecule has 1 unspecified atom stereocenters. The van der Waals surface area contributed by atoms with Crippen molar-refractivity contribution in [1.29, 1.82) is 0 Å². The van der Waals surface area contributed by atoms with Gasteiger partial charge in [-0.3, -0.25) is 10.1 Å². The predicted molar refractivity (Wildman–Crippen MR) is 58.3 cm³/mol. The minimum Gasteiger partial charge on any atom is -0.327 e. The Morgan fingerprint density at radius 3 is 2.73 bits per heavy atom. The molecule has 3 heteroatoms. The Hall–Kier alpha value is -0.570. The van der Waals surface area contributed by atoms with Gasteiger partial charge in [0.1, 0.15) is 0 Å². The van der Waals surface area contributed by atoms with E-state index in [1.165, 1.54) is 32.1 Å². The molecular weight excluding hydrogens is 188 g/mol. The topological polar surface area (TPSA) is 32.3 Å². The molecule has 0 bridgehead atoms. The first kappa shape index (κ1) is 9.64. The molecule has 1 spiro atoms. The molecule has 1 saturated carbocycles. The SMILES string of the molecule is O=C1CC2(CCN1C1CCCCN1)CC2. The van der Waals surface area contributed by atoms with Crippen molar-refractivity contribution in [2.75, 3.05) is 13.1 Å².